The van der Waals surface area contributed by atoms with Gasteiger partial charge in [-0.25, -0.2) is 0 Å². The minimum atomic E-state index is -4.31. The van der Waals surface area contributed by atoms with E-state index in [-0.39, 0.29) is 0 Å². The lowest BCUT2D eigenvalue weighted by molar-refractivity contribution is -0.137. The van der Waals surface area contributed by atoms with Crippen molar-refractivity contribution in [2.75, 3.05) is 0 Å². The summed E-state index contributed by atoms with van der Waals surface area (Å²) in [6.07, 6.45) is -4.31. The molecule has 21 heavy (non-hydrogen) atoms. The van der Waals surface area contributed by atoms with E-state index in [0.29, 0.717) is 23.7 Å². The second kappa shape index (κ2) is 6.50. The second-order valence-electron chi connectivity index (χ2n) is 4.89. The summed E-state index contributed by atoms with van der Waals surface area (Å²) in [6.45, 7) is 2.84. The van der Waals surface area contributed by atoms with Crippen molar-refractivity contribution in [3.05, 3.63) is 69.7 Å². The smallest absolute Gasteiger partial charge is 0.309 e. The Bertz CT molecular complexity index is 623. The molecule has 2 aromatic rings. The summed E-state index contributed by atoms with van der Waals surface area (Å²) in [5.41, 5.74) is 1.97. The van der Waals surface area contributed by atoms with Crippen molar-refractivity contribution in [1.29, 1.82) is 0 Å². The maximum atomic E-state index is 12.6. The largest absolute Gasteiger partial charge is 0.416 e. The van der Waals surface area contributed by atoms with Crippen LogP contribution >= 0.6 is 11.6 Å². The predicted octanol–water partition coefficient (Wildman–Crippen LogP) is 4.96. The van der Waals surface area contributed by atoms with E-state index in [4.69, 9.17) is 11.6 Å². The fourth-order valence-electron chi connectivity index (χ4n) is 1.96. The zero-order chi connectivity index (χ0) is 15.5. The maximum Gasteiger partial charge on any atom is 0.416 e. The van der Waals surface area contributed by atoms with Gasteiger partial charge in [-0.05, 0) is 35.7 Å². The van der Waals surface area contributed by atoms with Crippen LogP contribution in [0.4, 0.5) is 13.2 Å². The summed E-state index contributed by atoms with van der Waals surface area (Å²) >= 11 is 6.03. The van der Waals surface area contributed by atoms with E-state index in [1.54, 1.807) is 6.07 Å². The van der Waals surface area contributed by atoms with Gasteiger partial charge in [0.05, 0.1) is 5.56 Å². The molecule has 0 saturated heterocycles. The van der Waals surface area contributed by atoms with Gasteiger partial charge in [0.25, 0.3) is 0 Å². The average Bonchev–Trinajstić information content (AvgIpc) is 2.42. The van der Waals surface area contributed by atoms with Crippen molar-refractivity contribution in [2.24, 2.45) is 0 Å². The van der Waals surface area contributed by atoms with E-state index in [2.05, 4.69) is 5.32 Å². The molecule has 112 valence electrons. The molecule has 5 heteroatoms. The minimum absolute atomic E-state index is 0.370. The highest BCUT2D eigenvalue weighted by molar-refractivity contribution is 6.31. The topological polar surface area (TPSA) is 12.0 Å². The van der Waals surface area contributed by atoms with E-state index >= 15 is 0 Å². The van der Waals surface area contributed by atoms with Crippen LogP contribution in [0.2, 0.25) is 5.02 Å². The van der Waals surface area contributed by atoms with Gasteiger partial charge < -0.3 is 5.32 Å². The molecule has 1 nitrogen and oxygen atoms in total. The minimum Gasteiger partial charge on any atom is -0.309 e. The quantitative estimate of drug-likeness (QED) is 0.841. The SMILES string of the molecule is Cc1ccc(CNCc2cccc(C(F)(F)F)c2)cc1Cl. The summed E-state index contributed by atoms with van der Waals surface area (Å²) in [7, 11) is 0. The van der Waals surface area contributed by atoms with Crippen molar-refractivity contribution in [2.45, 2.75) is 26.2 Å². The Labute approximate surface area is 126 Å². The molecule has 1 N–H and O–H groups in total. The van der Waals surface area contributed by atoms with Crippen LogP contribution in [0.15, 0.2) is 42.5 Å². The molecule has 0 atom stereocenters. The Morgan fingerprint density at radius 3 is 2.29 bits per heavy atom. The highest BCUT2D eigenvalue weighted by Crippen LogP contribution is 2.29. The highest BCUT2D eigenvalue weighted by atomic mass is 35.5. The zero-order valence-corrected chi connectivity index (χ0v) is 12.2. The van der Waals surface area contributed by atoms with Gasteiger partial charge in [0.15, 0.2) is 0 Å². The van der Waals surface area contributed by atoms with E-state index in [1.165, 1.54) is 6.07 Å². The molecule has 0 aliphatic rings. The van der Waals surface area contributed by atoms with Crippen molar-refractivity contribution < 1.29 is 13.2 Å². The Morgan fingerprint density at radius 1 is 1.00 bits per heavy atom. The summed E-state index contributed by atoms with van der Waals surface area (Å²) in [5, 5.41) is 3.81. The van der Waals surface area contributed by atoms with Gasteiger partial charge in [-0.2, -0.15) is 13.2 Å². The lowest BCUT2D eigenvalue weighted by Gasteiger charge is -2.10. The Hall–Kier alpha value is -1.52. The Morgan fingerprint density at radius 2 is 1.67 bits per heavy atom. The molecule has 0 spiro atoms. The van der Waals surface area contributed by atoms with Crippen LogP contribution in [0, 0.1) is 6.92 Å². The summed E-state index contributed by atoms with van der Waals surface area (Å²) in [5.74, 6) is 0. The zero-order valence-electron chi connectivity index (χ0n) is 11.5. The molecule has 0 bridgehead atoms. The number of halogens is 4. The molecule has 0 radical (unpaired) electrons. The van der Waals surface area contributed by atoms with Crippen LogP contribution in [-0.2, 0) is 19.3 Å². The molecule has 0 aliphatic heterocycles. The summed E-state index contributed by atoms with van der Waals surface area (Å²) in [6, 6.07) is 11.0. The van der Waals surface area contributed by atoms with Crippen molar-refractivity contribution >= 4 is 11.6 Å². The number of nitrogens with one attached hydrogen (secondary N) is 1. The van der Waals surface area contributed by atoms with Crippen LogP contribution in [0.5, 0.6) is 0 Å². The van der Waals surface area contributed by atoms with Gasteiger partial charge in [0.2, 0.25) is 0 Å². The van der Waals surface area contributed by atoms with Gasteiger partial charge in [-0.15, -0.1) is 0 Å². The first-order chi connectivity index (χ1) is 9.86. The molecule has 0 saturated carbocycles. The van der Waals surface area contributed by atoms with Crippen LogP contribution in [-0.4, -0.2) is 0 Å². The molecule has 0 aliphatic carbocycles. The third-order valence-corrected chi connectivity index (χ3v) is 3.56. The maximum absolute atomic E-state index is 12.6. The first-order valence-corrected chi connectivity index (χ1v) is 6.86. The Kier molecular flexibility index (Phi) is 4.91. The Balaban J connectivity index is 1.96. The normalized spacial score (nSPS) is 11.7. The average molecular weight is 314 g/mol. The third kappa shape index (κ3) is 4.48. The van der Waals surface area contributed by atoms with Gasteiger partial charge in [-0.3, -0.25) is 0 Å². The summed E-state index contributed by atoms with van der Waals surface area (Å²) < 4.78 is 37.8. The second-order valence-corrected chi connectivity index (χ2v) is 5.29. The first kappa shape index (κ1) is 15.9. The molecule has 2 rings (SSSR count). The molecule has 0 fully saturated rings. The van der Waals surface area contributed by atoms with Gasteiger partial charge in [-0.1, -0.05) is 41.9 Å². The van der Waals surface area contributed by atoms with E-state index in [9.17, 15) is 13.2 Å². The molecule has 0 heterocycles. The van der Waals surface area contributed by atoms with Gasteiger partial charge >= 0.3 is 6.18 Å². The number of hydrogen-bond acceptors (Lipinski definition) is 1. The van der Waals surface area contributed by atoms with E-state index < -0.39 is 11.7 Å². The van der Waals surface area contributed by atoms with Crippen LogP contribution in [0.25, 0.3) is 0 Å². The molecule has 2 aromatic carbocycles. The highest BCUT2D eigenvalue weighted by Gasteiger charge is 2.30. The van der Waals surface area contributed by atoms with Crippen LogP contribution < -0.4 is 5.32 Å². The molecular formula is C16H15ClF3N. The van der Waals surface area contributed by atoms with E-state index in [1.807, 2.05) is 25.1 Å². The number of rotatable bonds is 4. The van der Waals surface area contributed by atoms with Crippen molar-refractivity contribution in [3.8, 4) is 0 Å². The first-order valence-electron chi connectivity index (χ1n) is 6.48. The van der Waals surface area contributed by atoms with Gasteiger partial charge in [0, 0.05) is 18.1 Å². The lowest BCUT2D eigenvalue weighted by Crippen LogP contribution is -2.13. The fourth-order valence-corrected chi connectivity index (χ4v) is 2.16. The van der Waals surface area contributed by atoms with Crippen LogP contribution in [0.1, 0.15) is 22.3 Å². The monoisotopic (exact) mass is 313 g/mol. The molecule has 0 aromatic heterocycles. The molecular weight excluding hydrogens is 299 g/mol. The van der Waals surface area contributed by atoms with E-state index in [0.717, 1.165) is 23.3 Å². The van der Waals surface area contributed by atoms with Gasteiger partial charge in [0.1, 0.15) is 0 Å². The predicted molar refractivity (Wildman–Crippen MR) is 78.2 cm³/mol. The fraction of sp³-hybridized carbons (Fsp3) is 0.250. The van der Waals surface area contributed by atoms with Crippen molar-refractivity contribution in [3.63, 3.8) is 0 Å². The number of aryl methyl sites for hydroxylation is 1. The summed E-state index contributed by atoms with van der Waals surface area (Å²) in [4.78, 5) is 0. The van der Waals surface area contributed by atoms with Crippen LogP contribution in [0.3, 0.4) is 0 Å². The molecule has 0 amide bonds. The lowest BCUT2D eigenvalue weighted by atomic mass is 10.1. The molecule has 0 unspecified atom stereocenters. The standard InChI is InChI=1S/C16H15ClF3N/c1-11-5-6-13(8-15(11)17)10-21-9-12-3-2-4-14(7-12)16(18,19)20/h2-8,21H,9-10H2,1H3. The third-order valence-electron chi connectivity index (χ3n) is 3.15. The van der Waals surface area contributed by atoms with Crippen molar-refractivity contribution in [1.82, 2.24) is 5.32 Å². The number of benzene rings is 2. The number of alkyl halides is 3. The number of hydrogen-bond donors (Lipinski definition) is 1.